The first-order chi connectivity index (χ1) is 13.8. The van der Waals surface area contributed by atoms with E-state index >= 15 is 0 Å². The molecular weight excluding hydrogens is 348 g/mol. The molecule has 2 fully saturated rings. The fourth-order valence-electron chi connectivity index (χ4n) is 4.77. The number of rotatable bonds is 3. The van der Waals surface area contributed by atoms with E-state index in [9.17, 15) is 4.79 Å². The van der Waals surface area contributed by atoms with Gasteiger partial charge in [-0.3, -0.25) is 4.79 Å². The average Bonchev–Trinajstić information content (AvgIpc) is 3.40. The van der Waals surface area contributed by atoms with E-state index in [1.807, 2.05) is 29.2 Å². The van der Waals surface area contributed by atoms with Gasteiger partial charge in [0.2, 0.25) is 11.8 Å². The molecule has 0 spiro atoms. The van der Waals surface area contributed by atoms with E-state index in [-0.39, 0.29) is 12.0 Å². The maximum Gasteiger partial charge on any atom is 0.226 e. The number of benzene rings is 2. The molecule has 28 heavy (non-hydrogen) atoms. The standard InChI is InChI=1S/C24H26N2O2/c27-24(18-10-5-2-6-11-18)26-15-7-12-21(26)23-25-20-16-19(13-14-22(20)28-23)17-8-3-1-4-9-17/h1,3-4,8-9,13-14,16,18,21H,2,5-7,10-12,15H2. The van der Waals surface area contributed by atoms with E-state index in [1.54, 1.807) is 0 Å². The quantitative estimate of drug-likeness (QED) is 0.587. The molecule has 0 N–H and O–H groups in total. The number of likely N-dealkylation sites (tertiary alicyclic amines) is 1. The van der Waals surface area contributed by atoms with E-state index in [4.69, 9.17) is 9.40 Å². The number of hydrogen-bond donors (Lipinski definition) is 0. The molecule has 0 radical (unpaired) electrons. The predicted molar refractivity (Wildman–Crippen MR) is 110 cm³/mol. The van der Waals surface area contributed by atoms with Gasteiger partial charge >= 0.3 is 0 Å². The van der Waals surface area contributed by atoms with Crippen LogP contribution in [0.2, 0.25) is 0 Å². The lowest BCUT2D eigenvalue weighted by molar-refractivity contribution is -0.137. The third-order valence-corrected chi connectivity index (χ3v) is 6.29. The van der Waals surface area contributed by atoms with E-state index < -0.39 is 0 Å². The Morgan fingerprint density at radius 3 is 2.57 bits per heavy atom. The molecular formula is C24H26N2O2. The molecule has 144 valence electrons. The number of oxazole rings is 1. The molecule has 1 atom stereocenters. The zero-order valence-electron chi connectivity index (χ0n) is 16.1. The highest BCUT2D eigenvalue weighted by Crippen LogP contribution is 2.37. The molecule has 2 aliphatic rings. The molecule has 2 heterocycles. The lowest BCUT2D eigenvalue weighted by Crippen LogP contribution is -2.36. The van der Waals surface area contributed by atoms with E-state index in [0.29, 0.717) is 11.8 Å². The van der Waals surface area contributed by atoms with Crippen LogP contribution in [-0.2, 0) is 4.79 Å². The van der Waals surface area contributed by atoms with Crippen molar-refractivity contribution >= 4 is 17.0 Å². The first kappa shape index (κ1) is 17.5. The van der Waals surface area contributed by atoms with Gasteiger partial charge in [0.15, 0.2) is 5.58 Å². The lowest BCUT2D eigenvalue weighted by atomic mass is 9.88. The number of aromatic nitrogens is 1. The Morgan fingerprint density at radius 1 is 0.929 bits per heavy atom. The zero-order valence-corrected chi connectivity index (χ0v) is 16.1. The monoisotopic (exact) mass is 374 g/mol. The number of nitrogens with zero attached hydrogens (tertiary/aromatic N) is 2. The molecule has 1 amide bonds. The van der Waals surface area contributed by atoms with E-state index in [1.165, 1.54) is 24.8 Å². The van der Waals surface area contributed by atoms with Gasteiger partial charge in [0.25, 0.3) is 0 Å². The SMILES string of the molecule is O=C(C1CCCCC1)N1CCCC1c1nc2cc(-c3ccccc3)ccc2o1. The zero-order chi connectivity index (χ0) is 18.9. The molecule has 1 saturated heterocycles. The summed E-state index contributed by atoms with van der Waals surface area (Å²) >= 11 is 0. The van der Waals surface area contributed by atoms with Crippen molar-refractivity contribution in [1.29, 1.82) is 0 Å². The predicted octanol–water partition coefficient (Wildman–Crippen LogP) is 5.74. The van der Waals surface area contributed by atoms with Crippen LogP contribution in [0.4, 0.5) is 0 Å². The summed E-state index contributed by atoms with van der Waals surface area (Å²) in [6.45, 7) is 0.827. The summed E-state index contributed by atoms with van der Waals surface area (Å²) in [7, 11) is 0. The minimum absolute atomic E-state index is 0.0120. The topological polar surface area (TPSA) is 46.3 Å². The van der Waals surface area contributed by atoms with Gasteiger partial charge in [-0.2, -0.15) is 0 Å². The molecule has 3 aromatic rings. The Morgan fingerprint density at radius 2 is 1.75 bits per heavy atom. The maximum absolute atomic E-state index is 13.1. The van der Waals surface area contributed by atoms with Crippen LogP contribution in [-0.4, -0.2) is 22.3 Å². The number of carbonyl (C=O) groups excluding carboxylic acids is 1. The van der Waals surface area contributed by atoms with Gasteiger partial charge < -0.3 is 9.32 Å². The second-order valence-electron chi connectivity index (χ2n) is 8.13. The van der Waals surface area contributed by atoms with Gasteiger partial charge in [-0.1, -0.05) is 55.7 Å². The molecule has 5 rings (SSSR count). The fraction of sp³-hybridized carbons (Fsp3) is 0.417. The molecule has 1 aliphatic carbocycles. The highest BCUT2D eigenvalue weighted by molar-refractivity contribution is 5.81. The Kier molecular flexibility index (Phi) is 4.63. The second kappa shape index (κ2) is 7.42. The van der Waals surface area contributed by atoms with Crippen molar-refractivity contribution in [1.82, 2.24) is 9.88 Å². The van der Waals surface area contributed by atoms with Crippen LogP contribution >= 0.6 is 0 Å². The van der Waals surface area contributed by atoms with Gasteiger partial charge in [0.1, 0.15) is 11.6 Å². The van der Waals surface area contributed by atoms with Crippen molar-refractivity contribution < 1.29 is 9.21 Å². The molecule has 1 aromatic heterocycles. The normalized spacial score (nSPS) is 20.7. The molecule has 2 aromatic carbocycles. The first-order valence-corrected chi connectivity index (χ1v) is 10.6. The Labute approximate surface area is 165 Å². The van der Waals surface area contributed by atoms with Crippen molar-refractivity contribution in [2.24, 2.45) is 5.92 Å². The van der Waals surface area contributed by atoms with Gasteiger partial charge in [-0.05, 0) is 48.9 Å². The smallest absolute Gasteiger partial charge is 0.226 e. The fourth-order valence-corrected chi connectivity index (χ4v) is 4.77. The minimum Gasteiger partial charge on any atom is -0.438 e. The van der Waals surface area contributed by atoms with Crippen molar-refractivity contribution in [3.63, 3.8) is 0 Å². The van der Waals surface area contributed by atoms with Gasteiger partial charge in [0, 0.05) is 12.5 Å². The number of fused-ring (bicyclic) bond motifs is 1. The van der Waals surface area contributed by atoms with Crippen LogP contribution in [0.25, 0.3) is 22.2 Å². The lowest BCUT2D eigenvalue weighted by Gasteiger charge is -2.29. The van der Waals surface area contributed by atoms with Crippen molar-refractivity contribution in [3.8, 4) is 11.1 Å². The van der Waals surface area contributed by atoms with Crippen molar-refractivity contribution in [3.05, 3.63) is 54.4 Å². The highest BCUT2D eigenvalue weighted by Gasteiger charge is 2.36. The van der Waals surface area contributed by atoms with Crippen LogP contribution in [0.1, 0.15) is 56.9 Å². The summed E-state index contributed by atoms with van der Waals surface area (Å²) < 4.78 is 6.11. The number of carbonyl (C=O) groups is 1. The molecule has 1 saturated carbocycles. The second-order valence-corrected chi connectivity index (χ2v) is 8.13. The van der Waals surface area contributed by atoms with Crippen LogP contribution < -0.4 is 0 Å². The third-order valence-electron chi connectivity index (χ3n) is 6.29. The third kappa shape index (κ3) is 3.21. The number of amides is 1. The van der Waals surface area contributed by atoms with Crippen LogP contribution in [0.5, 0.6) is 0 Å². The largest absolute Gasteiger partial charge is 0.438 e. The summed E-state index contributed by atoms with van der Waals surface area (Å²) in [5.74, 6) is 1.21. The van der Waals surface area contributed by atoms with Crippen LogP contribution in [0.3, 0.4) is 0 Å². The highest BCUT2D eigenvalue weighted by atomic mass is 16.3. The van der Waals surface area contributed by atoms with E-state index in [0.717, 1.165) is 48.9 Å². The van der Waals surface area contributed by atoms with Gasteiger partial charge in [-0.15, -0.1) is 0 Å². The molecule has 0 bridgehead atoms. The van der Waals surface area contributed by atoms with Crippen molar-refractivity contribution in [2.75, 3.05) is 6.54 Å². The average molecular weight is 374 g/mol. The van der Waals surface area contributed by atoms with Crippen LogP contribution in [0.15, 0.2) is 52.9 Å². The summed E-state index contributed by atoms with van der Waals surface area (Å²) in [6, 6.07) is 16.5. The molecule has 4 nitrogen and oxygen atoms in total. The summed E-state index contributed by atoms with van der Waals surface area (Å²) in [6.07, 6.45) is 7.67. The first-order valence-electron chi connectivity index (χ1n) is 10.6. The van der Waals surface area contributed by atoms with Crippen molar-refractivity contribution in [2.45, 2.75) is 51.0 Å². The maximum atomic E-state index is 13.1. The summed E-state index contributed by atoms with van der Waals surface area (Å²) in [5.41, 5.74) is 3.97. The molecule has 1 aliphatic heterocycles. The van der Waals surface area contributed by atoms with Crippen LogP contribution in [0, 0.1) is 5.92 Å². The van der Waals surface area contributed by atoms with E-state index in [2.05, 4.69) is 24.3 Å². The Balaban J connectivity index is 1.42. The molecule has 1 unspecified atom stereocenters. The molecule has 4 heteroatoms. The minimum atomic E-state index is -0.0120. The van der Waals surface area contributed by atoms with Gasteiger partial charge in [-0.25, -0.2) is 4.98 Å². The number of hydrogen-bond acceptors (Lipinski definition) is 3. The Bertz CT molecular complexity index is 973. The van der Waals surface area contributed by atoms with Gasteiger partial charge in [0.05, 0.1) is 0 Å². The summed E-state index contributed by atoms with van der Waals surface area (Å²) in [5, 5.41) is 0. The Hall–Kier alpha value is -2.62. The summed E-state index contributed by atoms with van der Waals surface area (Å²) in [4.78, 5) is 19.9.